The first kappa shape index (κ1) is 16.8. The van der Waals surface area contributed by atoms with E-state index in [1.807, 2.05) is 33.8 Å². The molecule has 4 nitrogen and oxygen atoms in total. The molecule has 0 fully saturated rings. The maximum Gasteiger partial charge on any atom is 0.151 e. The Morgan fingerprint density at radius 1 is 1.22 bits per heavy atom. The second-order valence-corrected chi connectivity index (χ2v) is 5.63. The second kappa shape index (κ2) is 6.69. The summed E-state index contributed by atoms with van der Waals surface area (Å²) < 4.78 is 15.8. The Labute approximate surface area is 135 Å². The van der Waals surface area contributed by atoms with Gasteiger partial charge in [0.25, 0.3) is 0 Å². The summed E-state index contributed by atoms with van der Waals surface area (Å²) in [5, 5.41) is 4.86. The third-order valence-corrected chi connectivity index (χ3v) is 3.34. The van der Waals surface area contributed by atoms with Crippen LogP contribution in [0.1, 0.15) is 33.3 Å². The molecule has 2 aromatic rings. The van der Waals surface area contributed by atoms with E-state index < -0.39 is 0 Å². The Morgan fingerprint density at radius 2 is 1.91 bits per heavy atom. The number of hydrogen-bond donors (Lipinski definition) is 0. The molecule has 0 amide bonds. The molecule has 120 valence electrons. The molecule has 0 bridgehead atoms. The topological polar surface area (TPSA) is 42.5 Å². The highest BCUT2D eigenvalue weighted by Crippen LogP contribution is 2.20. The summed E-state index contributed by atoms with van der Waals surface area (Å²) in [4.78, 5) is 8.95. The van der Waals surface area contributed by atoms with Gasteiger partial charge in [-0.3, -0.25) is 14.7 Å². The molecule has 0 aliphatic rings. The molecule has 5 heteroatoms. The Morgan fingerprint density at radius 3 is 2.52 bits per heavy atom. The van der Waals surface area contributed by atoms with Gasteiger partial charge in [0.1, 0.15) is 5.52 Å². The first-order chi connectivity index (χ1) is 10.8. The maximum absolute atomic E-state index is 14.2. The molecule has 1 heterocycles. The molecule has 0 saturated heterocycles. The van der Waals surface area contributed by atoms with Crippen LogP contribution < -0.4 is 0 Å². The summed E-state index contributed by atoms with van der Waals surface area (Å²) in [7, 11) is 1.77. The minimum atomic E-state index is -0.347. The molecule has 23 heavy (non-hydrogen) atoms. The van der Waals surface area contributed by atoms with E-state index in [9.17, 15) is 4.39 Å². The van der Waals surface area contributed by atoms with E-state index in [1.54, 1.807) is 24.0 Å². The zero-order chi connectivity index (χ0) is 17.1. The summed E-state index contributed by atoms with van der Waals surface area (Å²) >= 11 is 0. The Bertz CT molecular complexity index is 849. The lowest BCUT2D eigenvalue weighted by Crippen LogP contribution is -1.97. The van der Waals surface area contributed by atoms with Gasteiger partial charge in [0.15, 0.2) is 5.82 Å². The van der Waals surface area contributed by atoms with Crippen molar-refractivity contribution in [2.45, 2.75) is 27.7 Å². The van der Waals surface area contributed by atoms with Crippen LogP contribution >= 0.6 is 0 Å². The van der Waals surface area contributed by atoms with Gasteiger partial charge in [-0.05, 0) is 51.5 Å². The minimum Gasteiger partial charge on any atom is -0.274 e. The zero-order valence-electron chi connectivity index (χ0n) is 14.2. The van der Waals surface area contributed by atoms with Gasteiger partial charge < -0.3 is 0 Å². The molecule has 0 saturated carbocycles. The highest BCUT2D eigenvalue weighted by molar-refractivity contribution is 6.02. The second-order valence-electron chi connectivity index (χ2n) is 5.63. The fraction of sp³-hybridized carbons (Fsp3) is 0.278. The Hall–Kier alpha value is -2.56. The van der Waals surface area contributed by atoms with Crippen LogP contribution in [0.15, 0.2) is 52.4 Å². The molecule has 0 atom stereocenters. The monoisotopic (exact) mass is 312 g/mol. The highest BCUT2D eigenvalue weighted by Gasteiger charge is 2.09. The molecule has 0 radical (unpaired) electrons. The molecular formula is C18H21FN4. The van der Waals surface area contributed by atoms with Crippen LogP contribution in [0.2, 0.25) is 0 Å². The number of rotatable bonds is 4. The summed E-state index contributed by atoms with van der Waals surface area (Å²) in [6, 6.07) is 3.35. The number of allylic oxidation sites excluding steroid dienone is 2. The molecule has 0 aliphatic carbocycles. The van der Waals surface area contributed by atoms with E-state index >= 15 is 0 Å². The zero-order valence-corrected chi connectivity index (χ0v) is 14.2. The Balaban J connectivity index is 2.50. The van der Waals surface area contributed by atoms with Gasteiger partial charge >= 0.3 is 0 Å². The van der Waals surface area contributed by atoms with E-state index in [2.05, 4.69) is 21.7 Å². The van der Waals surface area contributed by atoms with Gasteiger partial charge in [0.2, 0.25) is 0 Å². The third kappa shape index (κ3) is 3.80. The fourth-order valence-electron chi connectivity index (χ4n) is 2.31. The molecule has 0 aliphatic heterocycles. The van der Waals surface area contributed by atoms with Crippen molar-refractivity contribution in [1.82, 2.24) is 9.78 Å². The van der Waals surface area contributed by atoms with Gasteiger partial charge in [0, 0.05) is 30.1 Å². The van der Waals surface area contributed by atoms with Crippen molar-refractivity contribution in [2.24, 2.45) is 17.0 Å². The highest BCUT2D eigenvalue weighted by atomic mass is 19.1. The van der Waals surface area contributed by atoms with Gasteiger partial charge in [-0.1, -0.05) is 6.58 Å². The number of hydrogen-bond acceptors (Lipinski definition) is 3. The van der Waals surface area contributed by atoms with Crippen LogP contribution in [-0.4, -0.2) is 21.2 Å². The summed E-state index contributed by atoms with van der Waals surface area (Å²) in [5.74, 6) is -0.347. The molecule has 0 unspecified atom stereocenters. The largest absolute Gasteiger partial charge is 0.274 e. The van der Waals surface area contributed by atoms with Crippen LogP contribution in [0.5, 0.6) is 0 Å². The van der Waals surface area contributed by atoms with Crippen molar-refractivity contribution in [2.75, 3.05) is 0 Å². The lowest BCUT2D eigenvalue weighted by molar-refractivity contribution is 0.632. The molecule has 0 spiro atoms. The average molecular weight is 312 g/mol. The van der Waals surface area contributed by atoms with Crippen molar-refractivity contribution in [3.8, 4) is 0 Å². The van der Waals surface area contributed by atoms with E-state index in [4.69, 9.17) is 0 Å². The number of aryl methyl sites for hydroxylation is 1. The predicted molar refractivity (Wildman–Crippen MR) is 94.6 cm³/mol. The molecule has 2 rings (SSSR count). The number of benzene rings is 1. The smallest absolute Gasteiger partial charge is 0.151 e. The van der Waals surface area contributed by atoms with E-state index in [0.29, 0.717) is 11.2 Å². The minimum absolute atomic E-state index is 0.347. The lowest BCUT2D eigenvalue weighted by Gasteiger charge is -2.05. The SMILES string of the molecule is C=C/C(N=C(C)C)=C(/C)N=C(C)c1cc(F)c2nn(C)cc2c1. The summed E-state index contributed by atoms with van der Waals surface area (Å²) in [6.45, 7) is 11.3. The summed E-state index contributed by atoms with van der Waals surface area (Å²) in [6.07, 6.45) is 3.46. The standard InChI is InChI=1S/C18H21FN4/c1-7-17(20-11(2)3)13(5)21-12(4)14-8-15-10-23(6)22-18(15)16(19)9-14/h7-10H,1H2,2-6H3/b17-13+,21-12?. The van der Waals surface area contributed by atoms with Crippen molar-refractivity contribution < 1.29 is 4.39 Å². The first-order valence-electron chi connectivity index (χ1n) is 7.35. The maximum atomic E-state index is 14.2. The van der Waals surface area contributed by atoms with Gasteiger partial charge in [0.05, 0.1) is 11.4 Å². The molecular weight excluding hydrogens is 291 g/mol. The first-order valence-corrected chi connectivity index (χ1v) is 7.35. The summed E-state index contributed by atoms with van der Waals surface area (Å²) in [5.41, 5.74) is 4.19. The van der Waals surface area contributed by atoms with Crippen LogP contribution in [0.25, 0.3) is 10.9 Å². The van der Waals surface area contributed by atoms with Crippen LogP contribution in [0, 0.1) is 5.82 Å². The quantitative estimate of drug-likeness (QED) is 0.608. The van der Waals surface area contributed by atoms with Crippen LogP contribution in [0.4, 0.5) is 4.39 Å². The lowest BCUT2D eigenvalue weighted by atomic mass is 10.1. The van der Waals surface area contributed by atoms with Crippen LogP contribution in [-0.2, 0) is 7.05 Å². The van der Waals surface area contributed by atoms with Gasteiger partial charge in [-0.25, -0.2) is 4.39 Å². The molecule has 0 N–H and O–H groups in total. The van der Waals surface area contributed by atoms with E-state index in [1.165, 1.54) is 6.07 Å². The van der Waals surface area contributed by atoms with Crippen molar-refractivity contribution in [3.05, 3.63) is 53.8 Å². The molecule has 1 aromatic carbocycles. The normalized spacial score (nSPS) is 13.0. The number of aliphatic imine (C=N–C) groups is 2. The Kier molecular flexibility index (Phi) is 4.89. The van der Waals surface area contributed by atoms with E-state index in [0.717, 1.165) is 28.1 Å². The van der Waals surface area contributed by atoms with E-state index in [-0.39, 0.29) is 5.82 Å². The van der Waals surface area contributed by atoms with Crippen molar-refractivity contribution in [1.29, 1.82) is 0 Å². The van der Waals surface area contributed by atoms with Crippen molar-refractivity contribution in [3.63, 3.8) is 0 Å². The van der Waals surface area contributed by atoms with Crippen molar-refractivity contribution >= 4 is 22.3 Å². The fourth-order valence-corrected chi connectivity index (χ4v) is 2.31. The van der Waals surface area contributed by atoms with Gasteiger partial charge in [-0.2, -0.15) is 5.10 Å². The van der Waals surface area contributed by atoms with Crippen LogP contribution in [0.3, 0.4) is 0 Å². The number of fused-ring (bicyclic) bond motifs is 1. The van der Waals surface area contributed by atoms with Gasteiger partial charge in [-0.15, -0.1) is 0 Å². The number of aromatic nitrogens is 2. The molecule has 1 aromatic heterocycles. The third-order valence-electron chi connectivity index (χ3n) is 3.34. The number of halogens is 1. The predicted octanol–water partition coefficient (Wildman–Crippen LogP) is 4.42. The average Bonchev–Trinajstić information content (AvgIpc) is 2.85. The number of nitrogens with zero attached hydrogens (tertiary/aromatic N) is 4.